The quantitative estimate of drug-likeness (QED) is 0.504. The number of hydrogen-bond acceptors (Lipinski definition) is 5. The predicted octanol–water partition coefficient (Wildman–Crippen LogP) is 4.18. The van der Waals surface area contributed by atoms with Crippen LogP contribution in [0, 0.1) is 0 Å². The number of likely N-dealkylation sites (tertiary alicyclic amines) is 1. The summed E-state index contributed by atoms with van der Waals surface area (Å²) in [6, 6.07) is 16.4. The third kappa shape index (κ3) is 3.91. The first-order valence-electron chi connectivity index (χ1n) is 10.4. The van der Waals surface area contributed by atoms with Crippen LogP contribution < -0.4 is 4.74 Å². The summed E-state index contributed by atoms with van der Waals surface area (Å²) in [4.78, 5) is 11.4. The number of piperidine rings is 1. The summed E-state index contributed by atoms with van der Waals surface area (Å²) in [7, 11) is 1.69. The molecule has 5 rings (SSSR count). The molecule has 3 aromatic heterocycles. The molecular weight excluding hydrogens is 374 g/mol. The van der Waals surface area contributed by atoms with Crippen molar-refractivity contribution in [3.8, 4) is 16.9 Å². The van der Waals surface area contributed by atoms with Crippen molar-refractivity contribution in [3.05, 3.63) is 78.5 Å². The summed E-state index contributed by atoms with van der Waals surface area (Å²) in [6.07, 6.45) is 8.08. The zero-order valence-electron chi connectivity index (χ0n) is 17.1. The van der Waals surface area contributed by atoms with Gasteiger partial charge in [0.1, 0.15) is 5.75 Å². The van der Waals surface area contributed by atoms with Crippen LogP contribution >= 0.6 is 0 Å². The third-order valence-corrected chi connectivity index (χ3v) is 5.78. The van der Waals surface area contributed by atoms with Crippen molar-refractivity contribution in [1.29, 1.82) is 0 Å². The predicted molar refractivity (Wildman–Crippen MR) is 116 cm³/mol. The Morgan fingerprint density at radius 3 is 2.83 bits per heavy atom. The van der Waals surface area contributed by atoms with Gasteiger partial charge in [-0.1, -0.05) is 12.1 Å². The highest BCUT2D eigenvalue weighted by Crippen LogP contribution is 2.28. The minimum Gasteiger partial charge on any atom is -0.497 e. The fourth-order valence-corrected chi connectivity index (χ4v) is 4.20. The molecule has 6 heteroatoms. The molecule has 4 aromatic rings. The van der Waals surface area contributed by atoms with Gasteiger partial charge in [-0.3, -0.25) is 9.88 Å². The number of pyridine rings is 2. The highest BCUT2D eigenvalue weighted by atomic mass is 16.5. The maximum atomic E-state index is 5.36. The molecule has 0 unspecified atom stereocenters. The van der Waals surface area contributed by atoms with Crippen LogP contribution in [0.15, 0.2) is 67.1 Å². The zero-order valence-corrected chi connectivity index (χ0v) is 17.1. The molecule has 0 amide bonds. The van der Waals surface area contributed by atoms with Crippen molar-refractivity contribution in [2.24, 2.45) is 0 Å². The van der Waals surface area contributed by atoms with E-state index in [-0.39, 0.29) is 0 Å². The largest absolute Gasteiger partial charge is 0.497 e. The Labute approximate surface area is 176 Å². The van der Waals surface area contributed by atoms with Gasteiger partial charge in [0.2, 0.25) is 0 Å². The third-order valence-electron chi connectivity index (χ3n) is 5.78. The summed E-state index contributed by atoms with van der Waals surface area (Å²) >= 11 is 0. The van der Waals surface area contributed by atoms with E-state index in [9.17, 15) is 0 Å². The molecule has 4 heterocycles. The van der Waals surface area contributed by atoms with Crippen molar-refractivity contribution >= 4 is 5.65 Å². The molecule has 0 spiro atoms. The van der Waals surface area contributed by atoms with Crippen molar-refractivity contribution < 1.29 is 4.74 Å². The van der Waals surface area contributed by atoms with Gasteiger partial charge in [-0.15, -0.1) is 0 Å². The monoisotopic (exact) mass is 399 g/mol. The van der Waals surface area contributed by atoms with E-state index in [1.165, 1.54) is 12.0 Å². The number of aromatic nitrogens is 4. The number of hydrogen-bond donors (Lipinski definition) is 0. The average Bonchev–Trinajstić information content (AvgIpc) is 3.23. The maximum absolute atomic E-state index is 5.36. The van der Waals surface area contributed by atoms with Gasteiger partial charge < -0.3 is 4.74 Å². The number of fused-ring (bicyclic) bond motifs is 1. The standard InChI is InChI=1S/C24H25N5O/c1-30-22-6-2-4-19(14-22)20-7-8-23-26-24(27-29(23)17-20)21-5-3-13-28(16-21)15-18-9-11-25-12-10-18/h2,4,6-12,14,17,21H,3,5,13,15-16H2,1H3/t21-/m0/s1. The van der Waals surface area contributed by atoms with Crippen LogP contribution in [0.5, 0.6) is 5.75 Å². The molecule has 0 bridgehead atoms. The van der Waals surface area contributed by atoms with E-state index in [0.29, 0.717) is 5.92 Å². The lowest BCUT2D eigenvalue weighted by molar-refractivity contribution is 0.196. The Kier molecular flexibility index (Phi) is 5.15. The number of methoxy groups -OCH3 is 1. The number of ether oxygens (including phenoxy) is 1. The van der Waals surface area contributed by atoms with Gasteiger partial charge in [0, 0.05) is 43.2 Å². The Balaban J connectivity index is 1.36. The van der Waals surface area contributed by atoms with E-state index in [1.54, 1.807) is 7.11 Å². The minimum atomic E-state index is 0.362. The second-order valence-corrected chi connectivity index (χ2v) is 7.85. The summed E-state index contributed by atoms with van der Waals surface area (Å²) < 4.78 is 7.27. The van der Waals surface area contributed by atoms with E-state index in [1.807, 2.05) is 41.2 Å². The zero-order chi connectivity index (χ0) is 20.3. The second kappa shape index (κ2) is 8.24. The highest BCUT2D eigenvalue weighted by molar-refractivity contribution is 5.65. The van der Waals surface area contributed by atoms with Crippen LogP contribution in [0.25, 0.3) is 16.8 Å². The number of benzene rings is 1. The van der Waals surface area contributed by atoms with E-state index < -0.39 is 0 Å². The molecule has 0 saturated carbocycles. The molecule has 0 aliphatic carbocycles. The molecule has 1 aliphatic rings. The van der Waals surface area contributed by atoms with Crippen molar-refractivity contribution in [3.63, 3.8) is 0 Å². The Hall–Kier alpha value is -3.25. The summed E-state index contributed by atoms with van der Waals surface area (Å²) in [6.45, 7) is 3.06. The van der Waals surface area contributed by atoms with Gasteiger partial charge in [-0.2, -0.15) is 5.10 Å². The SMILES string of the molecule is COc1cccc(-c2ccc3nc([C@H]4CCCN(Cc5ccncc5)C4)nn3c2)c1. The van der Waals surface area contributed by atoms with Crippen LogP contribution in [-0.2, 0) is 6.54 Å². The molecule has 0 radical (unpaired) electrons. The molecule has 1 aromatic carbocycles. The first-order valence-corrected chi connectivity index (χ1v) is 10.4. The van der Waals surface area contributed by atoms with Crippen LogP contribution in [0.1, 0.15) is 30.1 Å². The Morgan fingerprint density at radius 2 is 1.97 bits per heavy atom. The molecule has 1 aliphatic heterocycles. The molecule has 0 N–H and O–H groups in total. The van der Waals surface area contributed by atoms with Crippen LogP contribution in [0.2, 0.25) is 0 Å². The normalized spacial score (nSPS) is 17.3. The fourth-order valence-electron chi connectivity index (χ4n) is 4.20. The molecule has 1 fully saturated rings. The minimum absolute atomic E-state index is 0.362. The van der Waals surface area contributed by atoms with Gasteiger partial charge in [-0.05, 0) is 66.9 Å². The maximum Gasteiger partial charge on any atom is 0.156 e. The summed E-state index contributed by atoms with van der Waals surface area (Å²) in [5.41, 5.74) is 4.40. The molecule has 1 atom stereocenters. The molecule has 1 saturated heterocycles. The second-order valence-electron chi connectivity index (χ2n) is 7.85. The Bertz CT molecular complexity index is 1140. The van der Waals surface area contributed by atoms with Gasteiger partial charge in [0.15, 0.2) is 11.5 Å². The topological polar surface area (TPSA) is 55.5 Å². The van der Waals surface area contributed by atoms with Crippen LogP contribution in [-0.4, -0.2) is 44.7 Å². The van der Waals surface area contributed by atoms with Crippen molar-refractivity contribution in [2.45, 2.75) is 25.3 Å². The number of rotatable bonds is 5. The average molecular weight is 399 g/mol. The molecule has 30 heavy (non-hydrogen) atoms. The van der Waals surface area contributed by atoms with Crippen molar-refractivity contribution in [1.82, 2.24) is 24.5 Å². The van der Waals surface area contributed by atoms with E-state index in [0.717, 1.165) is 54.4 Å². The van der Waals surface area contributed by atoms with Crippen LogP contribution in [0.3, 0.4) is 0 Å². The van der Waals surface area contributed by atoms with E-state index in [4.69, 9.17) is 14.8 Å². The lowest BCUT2D eigenvalue weighted by Gasteiger charge is -2.31. The van der Waals surface area contributed by atoms with Gasteiger partial charge in [0.25, 0.3) is 0 Å². The lowest BCUT2D eigenvalue weighted by Crippen LogP contribution is -2.34. The Morgan fingerprint density at radius 1 is 1.07 bits per heavy atom. The first kappa shape index (κ1) is 18.8. The molecule has 152 valence electrons. The summed E-state index contributed by atoms with van der Waals surface area (Å²) in [5, 5.41) is 4.84. The fraction of sp³-hybridized carbons (Fsp3) is 0.292. The lowest BCUT2D eigenvalue weighted by atomic mass is 9.97. The number of nitrogens with zero attached hydrogens (tertiary/aromatic N) is 5. The molecule has 6 nitrogen and oxygen atoms in total. The van der Waals surface area contributed by atoms with Crippen LogP contribution in [0.4, 0.5) is 0 Å². The van der Waals surface area contributed by atoms with E-state index >= 15 is 0 Å². The van der Waals surface area contributed by atoms with Gasteiger partial charge in [0.05, 0.1) is 7.11 Å². The first-order chi connectivity index (χ1) is 14.8. The van der Waals surface area contributed by atoms with Crippen molar-refractivity contribution in [2.75, 3.05) is 20.2 Å². The van der Waals surface area contributed by atoms with E-state index in [2.05, 4.69) is 40.3 Å². The smallest absolute Gasteiger partial charge is 0.156 e. The molecular formula is C24H25N5O. The van der Waals surface area contributed by atoms with Gasteiger partial charge >= 0.3 is 0 Å². The highest BCUT2D eigenvalue weighted by Gasteiger charge is 2.24. The van der Waals surface area contributed by atoms with Gasteiger partial charge in [-0.25, -0.2) is 9.50 Å². The summed E-state index contributed by atoms with van der Waals surface area (Å²) in [5.74, 6) is 2.15.